The number of halogens is 1. The number of methoxy groups -OCH3 is 2. The molecule has 2 aliphatic heterocycles. The fourth-order valence-electron chi connectivity index (χ4n) is 5.05. The number of hydrogen-bond acceptors (Lipinski definition) is 6. The monoisotopic (exact) mass is 547 g/mol. The van der Waals surface area contributed by atoms with Gasteiger partial charge in [-0.2, -0.15) is 0 Å². The smallest absolute Gasteiger partial charge is 0.133 e. The highest BCUT2D eigenvalue weighted by molar-refractivity contribution is 9.10. The van der Waals surface area contributed by atoms with Crippen LogP contribution in [0.25, 0.3) is 0 Å². The van der Waals surface area contributed by atoms with E-state index < -0.39 is 11.7 Å². The lowest BCUT2D eigenvalue weighted by molar-refractivity contribution is -0.122. The molecule has 2 unspecified atom stereocenters. The minimum absolute atomic E-state index is 0.258. The Morgan fingerprint density at radius 1 is 1.09 bits per heavy atom. The van der Waals surface area contributed by atoms with Crippen LogP contribution in [-0.4, -0.2) is 69.8 Å². The first-order valence-electron chi connectivity index (χ1n) is 12.5. The third-order valence-electron chi connectivity index (χ3n) is 7.52. The number of likely N-dealkylation sites (tertiary alicyclic amines) is 1. The second-order valence-electron chi connectivity index (χ2n) is 9.81. The molecular formula is C28H38BrNO5. The topological polar surface area (TPSA) is 60.4 Å². The SMILES string of the molecule is COCCOc1cc(CC2CCN(CCc3ccc4c(c3)C(C)(OC)C(O)CO4)CC2)ccc1Br. The Bertz CT molecular complexity index is 978. The van der Waals surface area contributed by atoms with E-state index in [-0.39, 0.29) is 6.61 Å². The van der Waals surface area contributed by atoms with Gasteiger partial charge in [0.2, 0.25) is 0 Å². The number of hydrogen-bond donors (Lipinski definition) is 1. The zero-order valence-electron chi connectivity index (χ0n) is 21.1. The van der Waals surface area contributed by atoms with Crippen molar-refractivity contribution < 1.29 is 24.1 Å². The average Bonchev–Trinajstić information content (AvgIpc) is 2.88. The van der Waals surface area contributed by atoms with Crippen molar-refractivity contribution in [1.82, 2.24) is 4.90 Å². The van der Waals surface area contributed by atoms with E-state index in [0.717, 1.165) is 54.0 Å². The van der Waals surface area contributed by atoms with Gasteiger partial charge in [-0.15, -0.1) is 0 Å². The molecule has 1 N–H and O–H groups in total. The molecule has 4 rings (SSSR count). The van der Waals surface area contributed by atoms with Crippen LogP contribution in [0.5, 0.6) is 11.5 Å². The van der Waals surface area contributed by atoms with E-state index in [0.29, 0.717) is 19.1 Å². The van der Waals surface area contributed by atoms with Gasteiger partial charge < -0.3 is 29.0 Å². The molecule has 0 radical (unpaired) electrons. The van der Waals surface area contributed by atoms with Gasteiger partial charge in [0.1, 0.15) is 36.4 Å². The summed E-state index contributed by atoms with van der Waals surface area (Å²) >= 11 is 3.59. The number of rotatable bonds is 10. The molecule has 7 heteroatoms. The van der Waals surface area contributed by atoms with Crippen molar-refractivity contribution in [3.8, 4) is 11.5 Å². The molecule has 192 valence electrons. The van der Waals surface area contributed by atoms with E-state index >= 15 is 0 Å². The molecule has 35 heavy (non-hydrogen) atoms. The second kappa shape index (κ2) is 12.1. The Labute approximate surface area is 217 Å². The summed E-state index contributed by atoms with van der Waals surface area (Å²) in [6, 6.07) is 12.8. The quantitative estimate of drug-likeness (QED) is 0.439. The molecule has 0 amide bonds. The lowest BCUT2D eigenvalue weighted by Crippen LogP contribution is -2.45. The minimum atomic E-state index is -0.732. The molecule has 0 saturated carbocycles. The Balaban J connectivity index is 1.27. The molecule has 2 aliphatic rings. The van der Waals surface area contributed by atoms with E-state index in [1.165, 1.54) is 24.0 Å². The molecule has 2 atom stereocenters. The number of aliphatic hydroxyl groups excluding tert-OH is 1. The highest BCUT2D eigenvalue weighted by atomic mass is 79.9. The molecule has 0 bridgehead atoms. The molecule has 2 aromatic rings. The largest absolute Gasteiger partial charge is 0.490 e. The first-order valence-corrected chi connectivity index (χ1v) is 13.3. The van der Waals surface area contributed by atoms with Crippen molar-refractivity contribution in [2.45, 2.75) is 44.3 Å². The molecule has 2 aromatic carbocycles. The fourth-order valence-corrected chi connectivity index (χ4v) is 5.42. The number of benzene rings is 2. The first-order chi connectivity index (χ1) is 16.9. The van der Waals surface area contributed by atoms with Crippen LogP contribution in [0.4, 0.5) is 0 Å². The standard InChI is InChI=1S/C28H38BrNO5/c1-28(33-3)23-17-20(5-7-25(23)35-19-27(28)31)8-11-30-12-9-21(10-13-30)16-22-4-6-24(29)26(18-22)34-15-14-32-2/h4-7,17-18,21,27,31H,8-16,19H2,1-3H3. The Kier molecular flexibility index (Phi) is 9.11. The van der Waals surface area contributed by atoms with Gasteiger partial charge >= 0.3 is 0 Å². The molecule has 0 aromatic heterocycles. The van der Waals surface area contributed by atoms with Crippen LogP contribution in [-0.2, 0) is 27.9 Å². The Morgan fingerprint density at radius 2 is 1.86 bits per heavy atom. The maximum Gasteiger partial charge on any atom is 0.133 e. The van der Waals surface area contributed by atoms with Crippen molar-refractivity contribution in [2.75, 3.05) is 53.7 Å². The summed E-state index contributed by atoms with van der Waals surface area (Å²) in [4.78, 5) is 2.57. The third-order valence-corrected chi connectivity index (χ3v) is 8.18. The van der Waals surface area contributed by atoms with E-state index in [4.69, 9.17) is 18.9 Å². The number of aliphatic hydroxyl groups is 1. The van der Waals surface area contributed by atoms with Crippen LogP contribution >= 0.6 is 15.9 Å². The van der Waals surface area contributed by atoms with Crippen molar-refractivity contribution in [3.63, 3.8) is 0 Å². The highest BCUT2D eigenvalue weighted by Crippen LogP contribution is 2.40. The molecule has 1 saturated heterocycles. The summed E-state index contributed by atoms with van der Waals surface area (Å²) in [6.45, 7) is 6.62. The zero-order chi connectivity index (χ0) is 24.8. The van der Waals surface area contributed by atoms with Gasteiger partial charge in [0, 0.05) is 26.3 Å². The molecule has 1 fully saturated rings. The predicted molar refractivity (Wildman–Crippen MR) is 140 cm³/mol. The zero-order valence-corrected chi connectivity index (χ0v) is 22.7. The Hall–Kier alpha value is -1.64. The van der Waals surface area contributed by atoms with Crippen LogP contribution in [0.15, 0.2) is 40.9 Å². The van der Waals surface area contributed by atoms with E-state index in [1.54, 1.807) is 14.2 Å². The van der Waals surface area contributed by atoms with Gasteiger partial charge in [0.25, 0.3) is 0 Å². The number of fused-ring (bicyclic) bond motifs is 1. The lowest BCUT2D eigenvalue weighted by Gasteiger charge is -2.39. The normalized spacial score (nSPS) is 23.1. The van der Waals surface area contributed by atoms with Crippen LogP contribution in [0.2, 0.25) is 0 Å². The predicted octanol–water partition coefficient (Wildman–Crippen LogP) is 4.59. The van der Waals surface area contributed by atoms with E-state index in [9.17, 15) is 5.11 Å². The number of ether oxygens (including phenoxy) is 4. The Morgan fingerprint density at radius 3 is 2.60 bits per heavy atom. The molecule has 0 aliphatic carbocycles. The highest BCUT2D eigenvalue weighted by Gasteiger charge is 2.41. The number of nitrogens with zero attached hydrogens (tertiary/aromatic N) is 1. The van der Waals surface area contributed by atoms with E-state index in [2.05, 4.69) is 51.2 Å². The second-order valence-corrected chi connectivity index (χ2v) is 10.7. The van der Waals surface area contributed by atoms with Crippen molar-refractivity contribution in [3.05, 3.63) is 57.6 Å². The number of piperidine rings is 1. The summed E-state index contributed by atoms with van der Waals surface area (Å²) in [7, 11) is 3.34. The fraction of sp³-hybridized carbons (Fsp3) is 0.571. The van der Waals surface area contributed by atoms with Gasteiger partial charge in [-0.1, -0.05) is 12.1 Å². The van der Waals surface area contributed by atoms with Crippen molar-refractivity contribution in [1.29, 1.82) is 0 Å². The summed E-state index contributed by atoms with van der Waals surface area (Å²) in [5.41, 5.74) is 2.79. The van der Waals surface area contributed by atoms with Crippen LogP contribution < -0.4 is 9.47 Å². The summed E-state index contributed by atoms with van der Waals surface area (Å²) in [6.07, 6.45) is 3.81. The summed E-state index contributed by atoms with van der Waals surface area (Å²) in [5.74, 6) is 2.40. The van der Waals surface area contributed by atoms with Gasteiger partial charge in [-0.3, -0.25) is 0 Å². The van der Waals surface area contributed by atoms with Gasteiger partial charge in [-0.05, 0) is 103 Å². The minimum Gasteiger partial charge on any atom is -0.490 e. The van der Waals surface area contributed by atoms with Crippen molar-refractivity contribution >= 4 is 15.9 Å². The van der Waals surface area contributed by atoms with Gasteiger partial charge in [0.05, 0.1) is 11.1 Å². The van der Waals surface area contributed by atoms with E-state index in [1.807, 2.05) is 13.0 Å². The van der Waals surface area contributed by atoms with Gasteiger partial charge in [-0.25, -0.2) is 0 Å². The van der Waals surface area contributed by atoms with Crippen molar-refractivity contribution in [2.24, 2.45) is 5.92 Å². The first kappa shape index (κ1) is 26.4. The molecule has 0 spiro atoms. The average molecular weight is 549 g/mol. The lowest BCUT2D eigenvalue weighted by atomic mass is 9.86. The third kappa shape index (κ3) is 6.38. The van der Waals surface area contributed by atoms with Crippen LogP contribution in [0, 0.1) is 5.92 Å². The van der Waals surface area contributed by atoms with Crippen LogP contribution in [0.1, 0.15) is 36.5 Å². The van der Waals surface area contributed by atoms with Crippen LogP contribution in [0.3, 0.4) is 0 Å². The maximum absolute atomic E-state index is 10.4. The molecule has 2 heterocycles. The summed E-state index contributed by atoms with van der Waals surface area (Å²) in [5, 5.41) is 10.4. The van der Waals surface area contributed by atoms with Gasteiger partial charge in [0.15, 0.2) is 0 Å². The maximum atomic E-state index is 10.4. The summed E-state index contributed by atoms with van der Waals surface area (Å²) < 4.78 is 23.4. The molecule has 6 nitrogen and oxygen atoms in total. The molecular weight excluding hydrogens is 510 g/mol.